The van der Waals surface area contributed by atoms with Crippen LogP contribution in [0.15, 0.2) is 22.9 Å². The Hall–Kier alpha value is -1.18. The second-order valence-corrected chi connectivity index (χ2v) is 7.37. The number of rotatable bonds is 6. The van der Waals surface area contributed by atoms with Gasteiger partial charge in [0.05, 0.1) is 7.11 Å². The summed E-state index contributed by atoms with van der Waals surface area (Å²) in [6.07, 6.45) is 3.27. The van der Waals surface area contributed by atoms with E-state index in [-0.39, 0.29) is 22.4 Å². The molecule has 1 saturated carbocycles. The lowest BCUT2D eigenvalue weighted by Crippen LogP contribution is -2.34. The predicted octanol–water partition coefficient (Wildman–Crippen LogP) is 2.18. The topological polar surface area (TPSA) is 63.7 Å². The van der Waals surface area contributed by atoms with E-state index in [4.69, 9.17) is 0 Å². The van der Waals surface area contributed by atoms with Gasteiger partial charge >= 0.3 is 5.97 Å². The Bertz CT molecular complexity index is 629. The van der Waals surface area contributed by atoms with Crippen molar-refractivity contribution in [3.63, 3.8) is 0 Å². The maximum absolute atomic E-state index is 12.8. The molecule has 1 aliphatic rings. The first-order valence-corrected chi connectivity index (χ1v) is 8.54. The van der Waals surface area contributed by atoms with Crippen molar-refractivity contribution in [3.05, 3.63) is 28.5 Å². The molecule has 110 valence electrons. The molecule has 0 aromatic carbocycles. The Morgan fingerprint density at radius 2 is 2.25 bits per heavy atom. The van der Waals surface area contributed by atoms with Crippen LogP contribution in [0, 0.1) is 6.92 Å². The zero-order valence-corrected chi connectivity index (χ0v) is 13.1. The molecule has 0 atom stereocenters. The van der Waals surface area contributed by atoms with Crippen LogP contribution < -0.4 is 0 Å². The summed E-state index contributed by atoms with van der Waals surface area (Å²) in [6.45, 7) is 5.55. The number of sulfonamides is 1. The number of carbonyl (C=O) groups is 1. The third-order valence-electron chi connectivity index (χ3n) is 3.12. The van der Waals surface area contributed by atoms with Gasteiger partial charge in [0.25, 0.3) is 0 Å². The second-order valence-electron chi connectivity index (χ2n) is 4.66. The highest BCUT2D eigenvalue weighted by molar-refractivity contribution is 7.89. The summed E-state index contributed by atoms with van der Waals surface area (Å²) in [5.41, 5.74) is 0.574. The van der Waals surface area contributed by atoms with Crippen LogP contribution in [-0.4, -0.2) is 38.4 Å². The van der Waals surface area contributed by atoms with Crippen LogP contribution in [0.25, 0.3) is 0 Å². The molecule has 2 rings (SSSR count). The number of hydrogen-bond donors (Lipinski definition) is 0. The van der Waals surface area contributed by atoms with E-state index < -0.39 is 16.0 Å². The molecule has 7 heteroatoms. The van der Waals surface area contributed by atoms with Crippen LogP contribution >= 0.6 is 11.3 Å². The number of thiophene rings is 1. The van der Waals surface area contributed by atoms with Crippen molar-refractivity contribution in [2.45, 2.75) is 30.7 Å². The minimum absolute atomic E-state index is 0.0165. The van der Waals surface area contributed by atoms with E-state index in [1.54, 1.807) is 18.4 Å². The summed E-state index contributed by atoms with van der Waals surface area (Å²) < 4.78 is 31.7. The molecule has 1 aromatic rings. The molecule has 0 saturated heterocycles. The van der Waals surface area contributed by atoms with Gasteiger partial charge in [-0.05, 0) is 30.7 Å². The fourth-order valence-corrected chi connectivity index (χ4v) is 5.36. The zero-order chi connectivity index (χ0) is 14.9. The van der Waals surface area contributed by atoms with Gasteiger partial charge in [-0.25, -0.2) is 13.2 Å². The summed E-state index contributed by atoms with van der Waals surface area (Å²) >= 11 is 1.10. The maximum Gasteiger partial charge on any atom is 0.349 e. The SMILES string of the molecule is C=CCN(C1CC1)S(=O)(=O)c1c(C)csc1C(=O)OC. The van der Waals surface area contributed by atoms with Gasteiger partial charge in [-0.2, -0.15) is 4.31 Å². The highest BCUT2D eigenvalue weighted by atomic mass is 32.2. The molecule has 5 nitrogen and oxygen atoms in total. The Morgan fingerprint density at radius 3 is 2.75 bits per heavy atom. The van der Waals surface area contributed by atoms with E-state index >= 15 is 0 Å². The second kappa shape index (κ2) is 5.67. The molecule has 0 spiro atoms. The highest BCUT2D eigenvalue weighted by Crippen LogP contribution is 2.36. The average Bonchev–Trinajstić information content (AvgIpc) is 3.16. The minimum atomic E-state index is -3.70. The molecular formula is C13H17NO4S2. The molecule has 1 aliphatic carbocycles. The molecule has 0 radical (unpaired) electrons. The molecule has 0 aliphatic heterocycles. The van der Waals surface area contributed by atoms with Crippen molar-refractivity contribution in [3.8, 4) is 0 Å². The molecule has 0 unspecified atom stereocenters. The molecule has 0 bridgehead atoms. The van der Waals surface area contributed by atoms with Gasteiger partial charge in [-0.3, -0.25) is 0 Å². The average molecular weight is 315 g/mol. The molecule has 0 N–H and O–H groups in total. The van der Waals surface area contributed by atoms with Crippen LogP contribution in [0.1, 0.15) is 28.1 Å². The molecule has 0 amide bonds. The van der Waals surface area contributed by atoms with Gasteiger partial charge in [0.2, 0.25) is 10.0 Å². The summed E-state index contributed by atoms with van der Waals surface area (Å²) in [5.74, 6) is -0.615. The van der Waals surface area contributed by atoms with Gasteiger partial charge < -0.3 is 4.74 Å². The summed E-state index contributed by atoms with van der Waals surface area (Å²) in [6, 6.07) is 0.0165. The van der Waals surface area contributed by atoms with E-state index in [9.17, 15) is 13.2 Å². The quantitative estimate of drug-likeness (QED) is 0.596. The number of ether oxygens (including phenoxy) is 1. The molecular weight excluding hydrogens is 298 g/mol. The normalized spacial score (nSPS) is 15.3. The zero-order valence-electron chi connectivity index (χ0n) is 11.5. The lowest BCUT2D eigenvalue weighted by molar-refractivity contribution is 0.0602. The fraction of sp³-hybridized carbons (Fsp3) is 0.462. The van der Waals surface area contributed by atoms with E-state index in [0.717, 1.165) is 24.2 Å². The van der Waals surface area contributed by atoms with E-state index in [1.165, 1.54) is 11.4 Å². The van der Waals surface area contributed by atoms with Crippen molar-refractivity contribution in [1.29, 1.82) is 0 Å². The molecule has 1 aromatic heterocycles. The Balaban J connectivity index is 2.50. The van der Waals surface area contributed by atoms with E-state index in [1.807, 2.05) is 0 Å². The summed E-state index contributed by atoms with van der Waals surface area (Å²) in [4.78, 5) is 12.0. The van der Waals surface area contributed by atoms with Crippen LogP contribution in [0.2, 0.25) is 0 Å². The highest BCUT2D eigenvalue weighted by Gasteiger charge is 2.40. The number of nitrogens with zero attached hydrogens (tertiary/aromatic N) is 1. The van der Waals surface area contributed by atoms with Gasteiger partial charge in [-0.1, -0.05) is 6.08 Å². The third kappa shape index (κ3) is 2.65. The first-order valence-electron chi connectivity index (χ1n) is 6.22. The number of hydrogen-bond acceptors (Lipinski definition) is 5. The Labute approximate surface area is 122 Å². The first-order chi connectivity index (χ1) is 9.43. The summed E-state index contributed by atoms with van der Waals surface area (Å²) in [7, 11) is -2.46. The Kier molecular flexibility index (Phi) is 4.31. The van der Waals surface area contributed by atoms with E-state index in [2.05, 4.69) is 11.3 Å². The van der Waals surface area contributed by atoms with Crippen molar-refractivity contribution in [2.75, 3.05) is 13.7 Å². The van der Waals surface area contributed by atoms with Crippen molar-refractivity contribution < 1.29 is 17.9 Å². The fourth-order valence-electron chi connectivity index (χ4n) is 2.04. The van der Waals surface area contributed by atoms with Crippen LogP contribution in [0.4, 0.5) is 0 Å². The number of esters is 1. The first kappa shape index (κ1) is 15.2. The largest absolute Gasteiger partial charge is 0.465 e. The number of aryl methyl sites for hydroxylation is 1. The van der Waals surface area contributed by atoms with Gasteiger partial charge in [0.15, 0.2) is 0 Å². The lowest BCUT2D eigenvalue weighted by atomic mass is 10.3. The standard InChI is InChI=1S/C13H17NO4S2/c1-4-7-14(10-5-6-10)20(16,17)12-9(2)8-19-11(12)13(15)18-3/h4,8,10H,1,5-7H2,2-3H3. The summed E-state index contributed by atoms with van der Waals surface area (Å²) in [5, 5.41) is 1.66. The monoisotopic (exact) mass is 315 g/mol. The van der Waals surface area contributed by atoms with Crippen molar-refractivity contribution in [1.82, 2.24) is 4.31 Å². The minimum Gasteiger partial charge on any atom is -0.465 e. The molecule has 1 fully saturated rings. The molecule has 20 heavy (non-hydrogen) atoms. The number of carbonyl (C=O) groups excluding carboxylic acids is 1. The predicted molar refractivity (Wildman–Crippen MR) is 77.5 cm³/mol. The third-order valence-corrected chi connectivity index (χ3v) is 6.43. The van der Waals surface area contributed by atoms with E-state index in [0.29, 0.717) is 5.56 Å². The van der Waals surface area contributed by atoms with Crippen molar-refractivity contribution in [2.24, 2.45) is 0 Å². The van der Waals surface area contributed by atoms with Gasteiger partial charge in [0.1, 0.15) is 9.77 Å². The maximum atomic E-state index is 12.8. The van der Waals surface area contributed by atoms with Crippen LogP contribution in [0.5, 0.6) is 0 Å². The van der Waals surface area contributed by atoms with Gasteiger partial charge in [-0.15, -0.1) is 17.9 Å². The lowest BCUT2D eigenvalue weighted by Gasteiger charge is -2.20. The Morgan fingerprint density at radius 1 is 1.60 bits per heavy atom. The molecule has 1 heterocycles. The van der Waals surface area contributed by atoms with Crippen LogP contribution in [0.3, 0.4) is 0 Å². The smallest absolute Gasteiger partial charge is 0.349 e. The number of methoxy groups -OCH3 is 1. The van der Waals surface area contributed by atoms with Gasteiger partial charge in [0, 0.05) is 12.6 Å². The van der Waals surface area contributed by atoms with Crippen molar-refractivity contribution >= 4 is 27.3 Å². The van der Waals surface area contributed by atoms with Crippen LogP contribution in [-0.2, 0) is 14.8 Å².